The molecule has 0 N–H and O–H groups in total. The Kier molecular flexibility index (Phi) is 2.10. The highest BCUT2D eigenvalue weighted by atomic mass is 14.0. The third-order valence-corrected chi connectivity index (χ3v) is 2.00. The summed E-state index contributed by atoms with van der Waals surface area (Å²) in [5, 5.41) is 0. The molecule has 0 aliphatic rings. The van der Waals surface area contributed by atoms with Gasteiger partial charge in [-0.2, -0.15) is 0 Å². The van der Waals surface area contributed by atoms with Gasteiger partial charge in [0.25, 0.3) is 0 Å². The molecule has 1 aromatic rings. The van der Waals surface area contributed by atoms with Gasteiger partial charge in [-0.1, -0.05) is 25.1 Å². The Morgan fingerprint density at radius 2 is 1.60 bits per heavy atom. The van der Waals surface area contributed by atoms with Crippen LogP contribution < -0.4 is 0 Å². The molecule has 0 saturated heterocycles. The van der Waals surface area contributed by atoms with Crippen molar-refractivity contribution in [2.45, 2.75) is 27.2 Å². The molecule has 54 valence electrons. The number of benzene rings is 1. The first-order valence-electron chi connectivity index (χ1n) is 3.80. The quantitative estimate of drug-likeness (QED) is 0.554. The lowest BCUT2D eigenvalue weighted by molar-refractivity contribution is 1.08. The fraction of sp³-hybridized carbons (Fsp3) is 0.400. The van der Waals surface area contributed by atoms with Crippen molar-refractivity contribution in [1.82, 2.24) is 0 Å². The molecule has 0 heteroatoms. The second-order valence-corrected chi connectivity index (χ2v) is 2.72. The number of aryl methyl sites for hydroxylation is 2. The maximum absolute atomic E-state index is 2.20. The maximum Gasteiger partial charge on any atom is -0.0302 e. The Hall–Kier alpha value is -0.780. The summed E-state index contributed by atoms with van der Waals surface area (Å²) in [6.45, 7) is 6.55. The summed E-state index contributed by atoms with van der Waals surface area (Å²) >= 11 is 0. The highest BCUT2D eigenvalue weighted by molar-refractivity contribution is 5.33. The smallest absolute Gasteiger partial charge is 0.0302 e. The Morgan fingerprint density at radius 1 is 1.10 bits per heavy atom. The molecule has 0 aliphatic heterocycles. The van der Waals surface area contributed by atoms with Gasteiger partial charge in [0.2, 0.25) is 0 Å². The van der Waals surface area contributed by atoms with Crippen LogP contribution in [0.3, 0.4) is 0 Å². The van der Waals surface area contributed by atoms with E-state index in [9.17, 15) is 0 Å². The van der Waals surface area contributed by atoms with Gasteiger partial charge < -0.3 is 0 Å². The van der Waals surface area contributed by atoms with Crippen LogP contribution in [0, 0.1) is 13.8 Å². The van der Waals surface area contributed by atoms with Gasteiger partial charge in [-0.25, -0.2) is 0 Å². The fourth-order valence-electron chi connectivity index (χ4n) is 1.41. The average Bonchev–Trinajstić information content (AvgIpc) is 1.88. The predicted octanol–water partition coefficient (Wildman–Crippen LogP) is 2.87. The summed E-state index contributed by atoms with van der Waals surface area (Å²) in [5.74, 6) is 0. The van der Waals surface area contributed by atoms with Gasteiger partial charge in [0.05, 0.1) is 0 Å². The highest BCUT2D eigenvalue weighted by Gasteiger charge is 1.96. The van der Waals surface area contributed by atoms with E-state index in [1.54, 1.807) is 0 Å². The van der Waals surface area contributed by atoms with Gasteiger partial charge in [-0.05, 0) is 37.0 Å². The zero-order valence-electron chi connectivity index (χ0n) is 6.94. The largest absolute Gasteiger partial charge is 0.0617 e. The van der Waals surface area contributed by atoms with Crippen molar-refractivity contribution in [2.75, 3.05) is 0 Å². The molecule has 0 unspecified atom stereocenters. The number of hydrogen-bond donors (Lipinski definition) is 0. The molecule has 1 aromatic carbocycles. The molecule has 0 aliphatic carbocycles. The van der Waals surface area contributed by atoms with E-state index in [-0.39, 0.29) is 0 Å². The summed E-state index contributed by atoms with van der Waals surface area (Å²) in [6.07, 6.45) is 1.15. The molecule has 0 amide bonds. The fourth-order valence-corrected chi connectivity index (χ4v) is 1.41. The lowest BCUT2D eigenvalue weighted by atomic mass is 10.0. The SMILES string of the molecule is CCc1c(C)cccc1C. The van der Waals surface area contributed by atoms with E-state index in [1.807, 2.05) is 0 Å². The normalized spacial score (nSPS) is 9.90. The average molecular weight is 134 g/mol. The van der Waals surface area contributed by atoms with Gasteiger partial charge >= 0.3 is 0 Å². The summed E-state index contributed by atoms with van der Waals surface area (Å²) in [5.41, 5.74) is 4.34. The number of rotatable bonds is 1. The molecule has 0 saturated carbocycles. The summed E-state index contributed by atoms with van der Waals surface area (Å²) in [6, 6.07) is 6.46. The van der Waals surface area contributed by atoms with Crippen LogP contribution in [0.4, 0.5) is 0 Å². The molecule has 1 rings (SSSR count). The minimum Gasteiger partial charge on any atom is -0.0617 e. The van der Waals surface area contributed by atoms with Crippen LogP contribution in [-0.4, -0.2) is 0 Å². The van der Waals surface area contributed by atoms with Crippen molar-refractivity contribution in [2.24, 2.45) is 0 Å². The van der Waals surface area contributed by atoms with Crippen LogP contribution in [0.2, 0.25) is 0 Å². The Morgan fingerprint density at radius 3 is 1.90 bits per heavy atom. The lowest BCUT2D eigenvalue weighted by Crippen LogP contribution is -1.89. The minimum absolute atomic E-state index is 1.15. The van der Waals surface area contributed by atoms with E-state index in [1.165, 1.54) is 16.7 Å². The highest BCUT2D eigenvalue weighted by Crippen LogP contribution is 2.12. The van der Waals surface area contributed by atoms with Gasteiger partial charge in [-0.3, -0.25) is 0 Å². The summed E-state index contributed by atoms with van der Waals surface area (Å²) in [4.78, 5) is 0. The van der Waals surface area contributed by atoms with Crippen LogP contribution >= 0.6 is 0 Å². The molecule has 0 atom stereocenters. The van der Waals surface area contributed by atoms with Crippen LogP contribution in [0.5, 0.6) is 0 Å². The molecule has 0 fully saturated rings. The topological polar surface area (TPSA) is 0 Å². The summed E-state index contributed by atoms with van der Waals surface area (Å²) in [7, 11) is 0. The first-order valence-corrected chi connectivity index (χ1v) is 3.80. The van der Waals surface area contributed by atoms with Gasteiger partial charge in [-0.15, -0.1) is 0 Å². The van der Waals surface area contributed by atoms with E-state index < -0.39 is 0 Å². The van der Waals surface area contributed by atoms with Crippen molar-refractivity contribution < 1.29 is 0 Å². The first kappa shape index (κ1) is 7.33. The molecular formula is C10H14. The van der Waals surface area contributed by atoms with Crippen molar-refractivity contribution >= 4 is 0 Å². The lowest BCUT2D eigenvalue weighted by Gasteiger charge is -2.04. The second-order valence-electron chi connectivity index (χ2n) is 2.72. The predicted molar refractivity (Wildman–Crippen MR) is 45.3 cm³/mol. The monoisotopic (exact) mass is 134 g/mol. The minimum atomic E-state index is 1.15. The Balaban J connectivity index is 3.17. The third kappa shape index (κ3) is 1.21. The molecule has 0 spiro atoms. The van der Waals surface area contributed by atoms with E-state index in [4.69, 9.17) is 0 Å². The van der Waals surface area contributed by atoms with Crippen molar-refractivity contribution in [1.29, 1.82) is 0 Å². The second kappa shape index (κ2) is 2.87. The van der Waals surface area contributed by atoms with Crippen LogP contribution in [0.1, 0.15) is 23.6 Å². The molecular weight excluding hydrogens is 120 g/mol. The zero-order chi connectivity index (χ0) is 7.56. The van der Waals surface area contributed by atoms with Crippen LogP contribution in [0.15, 0.2) is 18.2 Å². The van der Waals surface area contributed by atoms with Crippen LogP contribution in [0.25, 0.3) is 0 Å². The van der Waals surface area contributed by atoms with Crippen LogP contribution in [-0.2, 0) is 6.42 Å². The van der Waals surface area contributed by atoms with Crippen molar-refractivity contribution in [3.8, 4) is 0 Å². The van der Waals surface area contributed by atoms with E-state index in [0.29, 0.717) is 0 Å². The maximum atomic E-state index is 2.20. The molecule has 0 heterocycles. The van der Waals surface area contributed by atoms with E-state index in [2.05, 4.69) is 39.0 Å². The summed E-state index contributed by atoms with van der Waals surface area (Å²) < 4.78 is 0. The molecule has 0 aromatic heterocycles. The van der Waals surface area contributed by atoms with Crippen molar-refractivity contribution in [3.63, 3.8) is 0 Å². The molecule has 10 heavy (non-hydrogen) atoms. The van der Waals surface area contributed by atoms with Gasteiger partial charge in [0.15, 0.2) is 0 Å². The molecule has 0 bridgehead atoms. The molecule has 0 nitrogen and oxygen atoms in total. The first-order chi connectivity index (χ1) is 4.75. The molecule has 0 radical (unpaired) electrons. The number of hydrogen-bond acceptors (Lipinski definition) is 0. The van der Waals surface area contributed by atoms with E-state index >= 15 is 0 Å². The van der Waals surface area contributed by atoms with E-state index in [0.717, 1.165) is 6.42 Å². The van der Waals surface area contributed by atoms with Gasteiger partial charge in [0.1, 0.15) is 0 Å². The standard InChI is InChI=1S/C10H14/c1-4-10-8(2)6-5-7-9(10)3/h5-7H,4H2,1-3H3. The Labute approximate surface area is 62.9 Å². The van der Waals surface area contributed by atoms with Crippen molar-refractivity contribution in [3.05, 3.63) is 34.9 Å². The Bertz CT molecular complexity index is 203. The zero-order valence-corrected chi connectivity index (χ0v) is 6.94. The van der Waals surface area contributed by atoms with Gasteiger partial charge in [0, 0.05) is 0 Å². The third-order valence-electron chi connectivity index (χ3n) is 2.00.